The molecular formula is C24H36IN5OS. The predicted molar refractivity (Wildman–Crippen MR) is 146 cm³/mol. The summed E-state index contributed by atoms with van der Waals surface area (Å²) in [5, 5.41) is 12.0. The van der Waals surface area contributed by atoms with Crippen LogP contribution in [0.15, 0.2) is 46.8 Å². The van der Waals surface area contributed by atoms with Crippen molar-refractivity contribution in [3.05, 3.63) is 52.2 Å². The molecule has 1 amide bonds. The van der Waals surface area contributed by atoms with Gasteiger partial charge in [0.2, 0.25) is 5.91 Å². The molecule has 1 aromatic carbocycles. The van der Waals surface area contributed by atoms with Gasteiger partial charge in [-0.3, -0.25) is 14.7 Å². The summed E-state index contributed by atoms with van der Waals surface area (Å²) in [7, 11) is 1.80. The monoisotopic (exact) mass is 569 g/mol. The van der Waals surface area contributed by atoms with E-state index in [4.69, 9.17) is 0 Å². The van der Waals surface area contributed by atoms with E-state index in [0.29, 0.717) is 24.9 Å². The summed E-state index contributed by atoms with van der Waals surface area (Å²) >= 11 is 1.82. The summed E-state index contributed by atoms with van der Waals surface area (Å²) in [6.07, 6.45) is 3.08. The molecule has 2 aromatic rings. The van der Waals surface area contributed by atoms with Gasteiger partial charge in [-0.1, -0.05) is 32.0 Å². The number of halogens is 1. The van der Waals surface area contributed by atoms with E-state index in [1.54, 1.807) is 7.05 Å². The summed E-state index contributed by atoms with van der Waals surface area (Å²) in [5.74, 6) is 1.19. The first-order valence-corrected chi connectivity index (χ1v) is 12.0. The molecule has 1 unspecified atom stereocenters. The second-order valence-electron chi connectivity index (χ2n) is 8.43. The number of aliphatic imine (C=N–C) groups is 1. The van der Waals surface area contributed by atoms with Crippen molar-refractivity contribution in [2.75, 3.05) is 32.0 Å². The number of rotatable bonds is 9. The van der Waals surface area contributed by atoms with E-state index in [-0.39, 0.29) is 29.9 Å². The Morgan fingerprint density at radius 3 is 2.59 bits per heavy atom. The van der Waals surface area contributed by atoms with Crippen molar-refractivity contribution in [3.63, 3.8) is 0 Å². The smallest absolute Gasteiger partial charge is 0.224 e. The van der Waals surface area contributed by atoms with Crippen LogP contribution in [0.1, 0.15) is 49.6 Å². The average molecular weight is 570 g/mol. The molecule has 3 rings (SSSR count). The second-order valence-corrected chi connectivity index (χ2v) is 9.41. The number of guanidine groups is 1. The van der Waals surface area contributed by atoms with Gasteiger partial charge in [-0.25, -0.2) is 0 Å². The molecule has 1 saturated heterocycles. The molecule has 2 heterocycles. The van der Waals surface area contributed by atoms with Gasteiger partial charge in [0, 0.05) is 37.1 Å². The van der Waals surface area contributed by atoms with Gasteiger partial charge < -0.3 is 16.0 Å². The van der Waals surface area contributed by atoms with Gasteiger partial charge in [0.25, 0.3) is 0 Å². The zero-order chi connectivity index (χ0) is 22.1. The number of carbonyl (C=O) groups is 1. The normalized spacial score (nSPS) is 15.3. The number of nitrogens with one attached hydrogen (secondary N) is 3. The SMILES string of the molecule is CN=C(NCc1cccc(NC(=O)CC(C)C)c1)NCC(c1cccs1)N1CCCC1.I. The van der Waals surface area contributed by atoms with Crippen LogP contribution in [0.4, 0.5) is 5.69 Å². The Balaban J connectivity index is 0.00000363. The second kappa shape index (κ2) is 13.8. The number of likely N-dealkylation sites (tertiary alicyclic amines) is 1. The highest BCUT2D eigenvalue weighted by molar-refractivity contribution is 14.0. The Labute approximate surface area is 213 Å². The topological polar surface area (TPSA) is 68.8 Å². The lowest BCUT2D eigenvalue weighted by atomic mass is 10.1. The molecule has 32 heavy (non-hydrogen) atoms. The summed E-state index contributed by atoms with van der Waals surface area (Å²) in [6.45, 7) is 7.88. The number of thiophene rings is 1. The fraction of sp³-hybridized carbons (Fsp3) is 0.500. The highest BCUT2D eigenvalue weighted by Crippen LogP contribution is 2.27. The molecule has 0 aliphatic carbocycles. The van der Waals surface area contributed by atoms with Crippen molar-refractivity contribution in [1.29, 1.82) is 0 Å². The Morgan fingerprint density at radius 1 is 1.16 bits per heavy atom. The average Bonchev–Trinajstić information content (AvgIpc) is 3.45. The van der Waals surface area contributed by atoms with Gasteiger partial charge in [0.15, 0.2) is 5.96 Å². The predicted octanol–water partition coefficient (Wildman–Crippen LogP) is 4.85. The first-order chi connectivity index (χ1) is 15.0. The van der Waals surface area contributed by atoms with E-state index in [1.807, 2.05) is 43.4 Å². The summed E-state index contributed by atoms with van der Waals surface area (Å²) < 4.78 is 0. The largest absolute Gasteiger partial charge is 0.354 e. The van der Waals surface area contributed by atoms with Gasteiger partial charge in [-0.15, -0.1) is 35.3 Å². The van der Waals surface area contributed by atoms with Crippen LogP contribution in [-0.2, 0) is 11.3 Å². The Bertz CT molecular complexity index is 850. The van der Waals surface area contributed by atoms with Crippen LogP contribution in [0.5, 0.6) is 0 Å². The van der Waals surface area contributed by atoms with Crippen LogP contribution >= 0.6 is 35.3 Å². The van der Waals surface area contributed by atoms with E-state index >= 15 is 0 Å². The minimum Gasteiger partial charge on any atom is -0.354 e. The van der Waals surface area contributed by atoms with Crippen LogP contribution in [-0.4, -0.2) is 43.4 Å². The van der Waals surface area contributed by atoms with Gasteiger partial charge in [0.1, 0.15) is 0 Å². The minimum atomic E-state index is 0. The van der Waals surface area contributed by atoms with E-state index in [0.717, 1.165) is 36.8 Å². The van der Waals surface area contributed by atoms with Crippen molar-refractivity contribution in [3.8, 4) is 0 Å². The summed E-state index contributed by atoms with van der Waals surface area (Å²) in [4.78, 5) is 20.4. The molecule has 0 spiro atoms. The van der Waals surface area contributed by atoms with Crippen molar-refractivity contribution in [2.24, 2.45) is 10.9 Å². The van der Waals surface area contributed by atoms with E-state index in [2.05, 4.69) is 49.4 Å². The van der Waals surface area contributed by atoms with Crippen molar-refractivity contribution >= 4 is 52.9 Å². The van der Waals surface area contributed by atoms with Gasteiger partial charge in [-0.2, -0.15) is 0 Å². The number of benzene rings is 1. The summed E-state index contributed by atoms with van der Waals surface area (Å²) in [6, 6.07) is 12.7. The van der Waals surface area contributed by atoms with Crippen LogP contribution < -0.4 is 16.0 Å². The van der Waals surface area contributed by atoms with E-state index in [9.17, 15) is 4.79 Å². The lowest BCUT2D eigenvalue weighted by molar-refractivity contribution is -0.116. The quantitative estimate of drug-likeness (QED) is 0.230. The zero-order valence-corrected chi connectivity index (χ0v) is 22.4. The molecule has 0 radical (unpaired) electrons. The first-order valence-electron chi connectivity index (χ1n) is 11.2. The number of amides is 1. The van der Waals surface area contributed by atoms with E-state index in [1.165, 1.54) is 17.7 Å². The number of carbonyl (C=O) groups excluding carboxylic acids is 1. The van der Waals surface area contributed by atoms with Crippen LogP contribution in [0.3, 0.4) is 0 Å². The standard InChI is InChI=1S/C24H35N5OS.HI/c1-18(2)14-23(30)28-20-9-6-8-19(15-20)16-26-24(25-3)27-17-21(22-10-7-13-31-22)29-11-4-5-12-29;/h6-10,13,15,18,21H,4-5,11-12,14,16-17H2,1-3H3,(H,28,30)(H2,25,26,27);1H. The van der Waals surface area contributed by atoms with Crippen LogP contribution in [0.2, 0.25) is 0 Å². The molecule has 0 saturated carbocycles. The highest BCUT2D eigenvalue weighted by atomic mass is 127. The highest BCUT2D eigenvalue weighted by Gasteiger charge is 2.24. The number of hydrogen-bond acceptors (Lipinski definition) is 4. The third kappa shape index (κ3) is 8.37. The molecule has 1 aromatic heterocycles. The molecule has 1 atom stereocenters. The lowest BCUT2D eigenvalue weighted by Crippen LogP contribution is -2.42. The maximum absolute atomic E-state index is 12.0. The van der Waals surface area contributed by atoms with Gasteiger partial charge >= 0.3 is 0 Å². The molecular weight excluding hydrogens is 533 g/mol. The van der Waals surface area contributed by atoms with Crippen LogP contribution in [0.25, 0.3) is 0 Å². The minimum absolute atomic E-state index is 0. The molecule has 176 valence electrons. The summed E-state index contributed by atoms with van der Waals surface area (Å²) in [5.41, 5.74) is 1.93. The van der Waals surface area contributed by atoms with E-state index < -0.39 is 0 Å². The molecule has 6 nitrogen and oxygen atoms in total. The maximum atomic E-state index is 12.0. The Kier molecular flexibility index (Phi) is 11.5. The van der Waals surface area contributed by atoms with Crippen LogP contribution in [0, 0.1) is 5.92 Å². The number of hydrogen-bond donors (Lipinski definition) is 3. The molecule has 8 heteroatoms. The van der Waals surface area contributed by atoms with Crippen molar-refractivity contribution < 1.29 is 4.79 Å². The lowest BCUT2D eigenvalue weighted by Gasteiger charge is -2.27. The molecule has 3 N–H and O–H groups in total. The molecule has 1 aliphatic rings. The number of nitrogens with zero attached hydrogens (tertiary/aromatic N) is 2. The van der Waals surface area contributed by atoms with Gasteiger partial charge in [0.05, 0.1) is 6.04 Å². The van der Waals surface area contributed by atoms with Gasteiger partial charge in [-0.05, 0) is 61.0 Å². The number of anilines is 1. The Morgan fingerprint density at radius 2 is 1.94 bits per heavy atom. The molecule has 1 aliphatic heterocycles. The zero-order valence-electron chi connectivity index (χ0n) is 19.3. The maximum Gasteiger partial charge on any atom is 0.224 e. The Hall–Kier alpha value is -1.65. The third-order valence-corrected chi connectivity index (χ3v) is 6.38. The fourth-order valence-corrected chi connectivity index (χ4v) is 4.75. The fourth-order valence-electron chi connectivity index (χ4n) is 3.89. The first kappa shape index (κ1) is 26.6. The van der Waals surface area contributed by atoms with Crippen molar-refractivity contribution in [2.45, 2.75) is 45.7 Å². The molecule has 0 bridgehead atoms. The van der Waals surface area contributed by atoms with Crippen molar-refractivity contribution in [1.82, 2.24) is 15.5 Å². The third-order valence-electron chi connectivity index (χ3n) is 5.40. The molecule has 1 fully saturated rings.